The van der Waals surface area contributed by atoms with Crippen LogP contribution < -0.4 is 5.73 Å². The highest BCUT2D eigenvalue weighted by atomic mass is 32.1. The molecule has 2 aromatic heterocycles. The molecular weight excluding hydrogens is 350 g/mol. The number of thiophene rings is 1. The van der Waals surface area contributed by atoms with Gasteiger partial charge < -0.3 is 15.2 Å². The third-order valence-corrected chi connectivity index (χ3v) is 5.54. The second-order valence-electron chi connectivity index (χ2n) is 6.65. The van der Waals surface area contributed by atoms with E-state index in [1.165, 1.54) is 0 Å². The van der Waals surface area contributed by atoms with Crippen LogP contribution in [0.1, 0.15) is 32.1 Å². The fourth-order valence-corrected chi connectivity index (χ4v) is 3.83. The fraction of sp³-hybridized carbons (Fsp3) is 0.611. The van der Waals surface area contributed by atoms with Crippen LogP contribution in [-0.2, 0) is 11.2 Å². The first-order chi connectivity index (χ1) is 12.7. The number of amides is 1. The molecule has 1 amide bonds. The maximum atomic E-state index is 12.2. The molecule has 2 N–H and O–H groups in total. The normalized spacial score (nSPS) is 16.8. The third kappa shape index (κ3) is 4.90. The van der Waals surface area contributed by atoms with Crippen molar-refractivity contribution >= 4 is 17.2 Å². The van der Waals surface area contributed by atoms with Gasteiger partial charge in [0.25, 0.3) is 0 Å². The standard InChI is InChI=1S/C18H27N5O2S/c1-2-5-14(19)18(24)23-11-9-22(10-12-23)8-3-7-16-20-17(21-25-16)15-6-4-13-26-15/h4,6,13-14H,2-3,5,7-12,19H2,1H3. The molecule has 1 aliphatic rings. The summed E-state index contributed by atoms with van der Waals surface area (Å²) in [6.45, 7) is 6.35. The lowest BCUT2D eigenvalue weighted by Gasteiger charge is -2.35. The highest BCUT2D eigenvalue weighted by molar-refractivity contribution is 7.13. The number of hydrogen-bond acceptors (Lipinski definition) is 7. The van der Waals surface area contributed by atoms with Gasteiger partial charge in [0.15, 0.2) is 0 Å². The highest BCUT2D eigenvalue weighted by Crippen LogP contribution is 2.21. The van der Waals surface area contributed by atoms with Crippen LogP contribution in [0.3, 0.4) is 0 Å². The summed E-state index contributed by atoms with van der Waals surface area (Å²) in [5.41, 5.74) is 5.95. The number of nitrogens with two attached hydrogens (primary N) is 1. The van der Waals surface area contributed by atoms with Gasteiger partial charge in [-0.3, -0.25) is 9.69 Å². The van der Waals surface area contributed by atoms with Gasteiger partial charge in [-0.2, -0.15) is 4.98 Å². The molecule has 1 fully saturated rings. The summed E-state index contributed by atoms with van der Waals surface area (Å²) >= 11 is 1.61. The van der Waals surface area contributed by atoms with E-state index in [9.17, 15) is 4.79 Å². The van der Waals surface area contributed by atoms with E-state index in [0.717, 1.165) is 63.3 Å². The van der Waals surface area contributed by atoms with Crippen molar-refractivity contribution in [2.45, 2.75) is 38.6 Å². The van der Waals surface area contributed by atoms with Crippen molar-refractivity contribution in [2.75, 3.05) is 32.7 Å². The lowest BCUT2D eigenvalue weighted by Crippen LogP contribution is -2.53. The van der Waals surface area contributed by atoms with E-state index in [-0.39, 0.29) is 11.9 Å². The molecule has 3 rings (SSSR count). The Kier molecular flexibility index (Phi) is 6.76. The molecular formula is C18H27N5O2S. The quantitative estimate of drug-likeness (QED) is 0.757. The van der Waals surface area contributed by atoms with E-state index in [4.69, 9.17) is 10.3 Å². The summed E-state index contributed by atoms with van der Waals surface area (Å²) < 4.78 is 5.34. The van der Waals surface area contributed by atoms with Gasteiger partial charge in [-0.05, 0) is 30.8 Å². The molecule has 0 radical (unpaired) electrons. The summed E-state index contributed by atoms with van der Waals surface area (Å²) in [5.74, 6) is 1.46. The van der Waals surface area contributed by atoms with Gasteiger partial charge in [0.2, 0.25) is 17.6 Å². The van der Waals surface area contributed by atoms with Gasteiger partial charge in [-0.15, -0.1) is 11.3 Å². The zero-order chi connectivity index (χ0) is 18.4. The molecule has 0 spiro atoms. The smallest absolute Gasteiger partial charge is 0.239 e. The molecule has 1 atom stereocenters. The Morgan fingerprint density at radius 3 is 2.88 bits per heavy atom. The third-order valence-electron chi connectivity index (χ3n) is 4.68. The van der Waals surface area contributed by atoms with Crippen LogP contribution in [0.15, 0.2) is 22.0 Å². The summed E-state index contributed by atoms with van der Waals surface area (Å²) in [4.78, 5) is 22.0. The van der Waals surface area contributed by atoms with Crippen molar-refractivity contribution in [3.8, 4) is 10.7 Å². The van der Waals surface area contributed by atoms with Gasteiger partial charge in [-0.25, -0.2) is 0 Å². The van der Waals surface area contributed by atoms with E-state index >= 15 is 0 Å². The predicted molar refractivity (Wildman–Crippen MR) is 102 cm³/mol. The Balaban J connectivity index is 1.37. The molecule has 1 saturated heterocycles. The molecule has 0 aliphatic carbocycles. The summed E-state index contributed by atoms with van der Waals surface area (Å²) in [6.07, 6.45) is 3.45. The molecule has 142 valence electrons. The Bertz CT molecular complexity index is 680. The molecule has 8 heteroatoms. The second-order valence-corrected chi connectivity index (χ2v) is 7.60. The van der Waals surface area contributed by atoms with Crippen LogP contribution >= 0.6 is 11.3 Å². The highest BCUT2D eigenvalue weighted by Gasteiger charge is 2.24. The van der Waals surface area contributed by atoms with Gasteiger partial charge in [-0.1, -0.05) is 24.6 Å². The number of aryl methyl sites for hydroxylation is 1. The average Bonchev–Trinajstić information content (AvgIpc) is 3.33. The van der Waals surface area contributed by atoms with E-state index in [1.807, 2.05) is 22.4 Å². The van der Waals surface area contributed by atoms with Crippen LogP contribution in [-0.4, -0.2) is 64.6 Å². The number of piperazine rings is 1. The topological polar surface area (TPSA) is 88.5 Å². The zero-order valence-corrected chi connectivity index (χ0v) is 16.1. The Morgan fingerprint density at radius 1 is 1.38 bits per heavy atom. The van der Waals surface area contributed by atoms with Gasteiger partial charge >= 0.3 is 0 Å². The van der Waals surface area contributed by atoms with Gasteiger partial charge in [0.05, 0.1) is 10.9 Å². The number of nitrogens with zero attached hydrogens (tertiary/aromatic N) is 4. The number of carbonyl (C=O) groups is 1. The minimum Gasteiger partial charge on any atom is -0.339 e. The first kappa shape index (κ1) is 19.0. The monoisotopic (exact) mass is 377 g/mol. The molecule has 26 heavy (non-hydrogen) atoms. The van der Waals surface area contributed by atoms with Crippen molar-refractivity contribution in [2.24, 2.45) is 5.73 Å². The minimum atomic E-state index is -0.346. The molecule has 1 unspecified atom stereocenters. The first-order valence-electron chi connectivity index (χ1n) is 9.30. The fourth-order valence-electron chi connectivity index (χ4n) is 3.18. The van der Waals surface area contributed by atoms with Crippen molar-refractivity contribution < 1.29 is 9.32 Å². The minimum absolute atomic E-state index is 0.0958. The molecule has 7 nitrogen and oxygen atoms in total. The lowest BCUT2D eigenvalue weighted by molar-refractivity contribution is -0.134. The van der Waals surface area contributed by atoms with Crippen LogP contribution in [0, 0.1) is 0 Å². The SMILES string of the molecule is CCCC(N)C(=O)N1CCN(CCCc2nc(-c3cccs3)no2)CC1. The maximum Gasteiger partial charge on any atom is 0.239 e. The summed E-state index contributed by atoms with van der Waals surface area (Å²) in [5, 5.41) is 6.04. The summed E-state index contributed by atoms with van der Waals surface area (Å²) in [6, 6.07) is 3.63. The van der Waals surface area contributed by atoms with Crippen molar-refractivity contribution in [1.82, 2.24) is 19.9 Å². The zero-order valence-electron chi connectivity index (χ0n) is 15.3. The average molecular weight is 378 g/mol. The van der Waals surface area contributed by atoms with Gasteiger partial charge in [0, 0.05) is 32.6 Å². The van der Waals surface area contributed by atoms with E-state index in [0.29, 0.717) is 11.7 Å². The van der Waals surface area contributed by atoms with Crippen LogP contribution in [0.2, 0.25) is 0 Å². The number of carbonyl (C=O) groups excluding carboxylic acids is 1. The van der Waals surface area contributed by atoms with Crippen molar-refractivity contribution in [1.29, 1.82) is 0 Å². The Hall–Kier alpha value is -1.77. The molecule has 0 aromatic carbocycles. The van der Waals surface area contributed by atoms with E-state index < -0.39 is 0 Å². The number of hydrogen-bond donors (Lipinski definition) is 1. The largest absolute Gasteiger partial charge is 0.339 e. The molecule has 0 saturated carbocycles. The van der Waals surface area contributed by atoms with Crippen LogP contribution in [0.4, 0.5) is 0 Å². The van der Waals surface area contributed by atoms with Crippen molar-refractivity contribution in [3.05, 3.63) is 23.4 Å². The van der Waals surface area contributed by atoms with E-state index in [1.54, 1.807) is 11.3 Å². The molecule has 0 bridgehead atoms. The number of aromatic nitrogens is 2. The second kappa shape index (κ2) is 9.25. The van der Waals surface area contributed by atoms with Gasteiger partial charge in [0.1, 0.15) is 0 Å². The first-order valence-corrected chi connectivity index (χ1v) is 10.2. The predicted octanol–water partition coefficient (Wildman–Crippen LogP) is 2.00. The Labute approximate surface area is 158 Å². The molecule has 2 aromatic rings. The molecule has 3 heterocycles. The lowest BCUT2D eigenvalue weighted by atomic mass is 10.1. The maximum absolute atomic E-state index is 12.2. The van der Waals surface area contributed by atoms with Crippen LogP contribution in [0.5, 0.6) is 0 Å². The molecule has 1 aliphatic heterocycles. The summed E-state index contributed by atoms with van der Waals surface area (Å²) in [7, 11) is 0. The van der Waals surface area contributed by atoms with Crippen LogP contribution in [0.25, 0.3) is 10.7 Å². The van der Waals surface area contributed by atoms with Crippen molar-refractivity contribution in [3.63, 3.8) is 0 Å². The Morgan fingerprint density at radius 2 is 2.19 bits per heavy atom. The van der Waals surface area contributed by atoms with E-state index in [2.05, 4.69) is 22.0 Å². The number of rotatable bonds is 8.